The van der Waals surface area contributed by atoms with Gasteiger partial charge in [0, 0.05) is 16.1 Å². The van der Waals surface area contributed by atoms with Crippen molar-refractivity contribution < 1.29 is 9.59 Å². The predicted octanol–water partition coefficient (Wildman–Crippen LogP) is 6.57. The monoisotopic (exact) mass is 460 g/mol. The van der Waals surface area contributed by atoms with Crippen LogP contribution in [0.5, 0.6) is 0 Å². The molecule has 160 valence electrons. The molecule has 0 saturated heterocycles. The highest BCUT2D eigenvalue weighted by Crippen LogP contribution is 2.31. The van der Waals surface area contributed by atoms with Crippen LogP contribution >= 0.6 is 22.9 Å². The first kappa shape index (κ1) is 21.8. The first-order valence-corrected chi connectivity index (χ1v) is 11.4. The molecule has 3 aromatic carbocycles. The van der Waals surface area contributed by atoms with E-state index in [2.05, 4.69) is 10.6 Å². The van der Waals surface area contributed by atoms with E-state index in [1.54, 1.807) is 35.6 Å². The van der Waals surface area contributed by atoms with Gasteiger partial charge in [-0.15, -0.1) is 11.3 Å². The second-order valence-electron chi connectivity index (χ2n) is 7.19. The number of rotatable bonds is 7. The van der Waals surface area contributed by atoms with Gasteiger partial charge >= 0.3 is 0 Å². The van der Waals surface area contributed by atoms with Gasteiger partial charge in [0.25, 0.3) is 5.91 Å². The number of anilines is 1. The Balaban J connectivity index is 1.54. The predicted molar refractivity (Wildman–Crippen MR) is 131 cm³/mol. The van der Waals surface area contributed by atoms with Crippen molar-refractivity contribution in [2.24, 2.45) is 0 Å². The summed E-state index contributed by atoms with van der Waals surface area (Å²) < 4.78 is 0. The summed E-state index contributed by atoms with van der Waals surface area (Å²) in [5.74, 6) is -0.515. The number of halogens is 1. The van der Waals surface area contributed by atoms with Gasteiger partial charge in [-0.2, -0.15) is 0 Å². The molecule has 32 heavy (non-hydrogen) atoms. The number of amides is 2. The van der Waals surface area contributed by atoms with Crippen LogP contribution in [0.25, 0.3) is 10.4 Å². The Morgan fingerprint density at radius 1 is 0.844 bits per heavy atom. The fourth-order valence-corrected chi connectivity index (χ4v) is 4.43. The zero-order chi connectivity index (χ0) is 22.3. The van der Waals surface area contributed by atoms with Gasteiger partial charge in [0.15, 0.2) is 0 Å². The molecular weight excluding hydrogens is 440 g/mol. The molecule has 0 saturated carbocycles. The fraction of sp³-hybridized carbons (Fsp3) is 0.0769. The molecule has 1 unspecified atom stereocenters. The van der Waals surface area contributed by atoms with Gasteiger partial charge in [-0.1, -0.05) is 78.3 Å². The van der Waals surface area contributed by atoms with Crippen LogP contribution in [0.15, 0.2) is 96.4 Å². The summed E-state index contributed by atoms with van der Waals surface area (Å²) in [6.07, 6.45) is 0.0823. The van der Waals surface area contributed by atoms with Crippen molar-refractivity contribution >= 4 is 40.4 Å². The van der Waals surface area contributed by atoms with Crippen LogP contribution in [0.2, 0.25) is 5.02 Å². The maximum atomic E-state index is 13.0. The maximum Gasteiger partial charge on any atom is 0.253 e. The molecule has 2 amide bonds. The highest BCUT2D eigenvalue weighted by molar-refractivity contribution is 7.13. The highest BCUT2D eigenvalue weighted by atomic mass is 35.5. The minimum Gasteiger partial charge on any atom is -0.345 e. The van der Waals surface area contributed by atoms with Crippen molar-refractivity contribution in [1.29, 1.82) is 0 Å². The molecule has 1 heterocycles. The number of carbonyl (C=O) groups excluding carboxylic acids is 2. The van der Waals surface area contributed by atoms with Crippen molar-refractivity contribution in [3.63, 3.8) is 0 Å². The van der Waals surface area contributed by atoms with Crippen molar-refractivity contribution in [3.8, 4) is 10.4 Å². The van der Waals surface area contributed by atoms with E-state index in [1.807, 2.05) is 72.1 Å². The van der Waals surface area contributed by atoms with Gasteiger partial charge in [-0.3, -0.25) is 9.59 Å². The van der Waals surface area contributed by atoms with E-state index in [4.69, 9.17) is 11.6 Å². The number of carbonyl (C=O) groups is 2. The summed E-state index contributed by atoms with van der Waals surface area (Å²) in [6.45, 7) is 0. The Labute approximate surface area is 195 Å². The molecule has 4 aromatic rings. The van der Waals surface area contributed by atoms with E-state index in [0.29, 0.717) is 10.6 Å². The molecule has 1 atom stereocenters. The second-order valence-corrected chi connectivity index (χ2v) is 8.55. The van der Waals surface area contributed by atoms with Crippen LogP contribution in [0.3, 0.4) is 0 Å². The third-order valence-electron chi connectivity index (χ3n) is 5.00. The molecule has 1 aromatic heterocycles. The Bertz CT molecular complexity index is 1210. The average molecular weight is 461 g/mol. The third-order valence-corrected chi connectivity index (χ3v) is 6.24. The lowest BCUT2D eigenvalue weighted by Crippen LogP contribution is -2.31. The van der Waals surface area contributed by atoms with E-state index in [-0.39, 0.29) is 18.2 Å². The first-order valence-electron chi connectivity index (χ1n) is 10.1. The zero-order valence-corrected chi connectivity index (χ0v) is 18.7. The number of para-hydroxylation sites is 1. The molecular formula is C26H21ClN2O2S. The molecule has 0 spiro atoms. The number of nitrogens with one attached hydrogen (secondary N) is 2. The topological polar surface area (TPSA) is 58.2 Å². The summed E-state index contributed by atoms with van der Waals surface area (Å²) in [4.78, 5) is 27.0. The molecule has 4 rings (SSSR count). The van der Waals surface area contributed by atoms with E-state index in [1.165, 1.54) is 0 Å². The summed E-state index contributed by atoms with van der Waals surface area (Å²) >= 11 is 7.80. The van der Waals surface area contributed by atoms with Crippen molar-refractivity contribution in [2.75, 3.05) is 5.32 Å². The summed E-state index contributed by atoms with van der Waals surface area (Å²) in [7, 11) is 0. The van der Waals surface area contributed by atoms with Crippen LogP contribution < -0.4 is 10.6 Å². The molecule has 0 aliphatic rings. The normalized spacial score (nSPS) is 11.5. The summed E-state index contributed by atoms with van der Waals surface area (Å²) in [6, 6.07) is 27.5. The molecule has 0 bridgehead atoms. The SMILES string of the molecule is O=C(CC(NC(=O)c1ccccc1Cl)c1ccccc1)Nc1ccccc1-c1cccs1. The van der Waals surface area contributed by atoms with E-state index in [0.717, 1.165) is 21.7 Å². The largest absolute Gasteiger partial charge is 0.345 e. The highest BCUT2D eigenvalue weighted by Gasteiger charge is 2.21. The minimum atomic E-state index is -0.506. The molecule has 0 radical (unpaired) electrons. The van der Waals surface area contributed by atoms with Gasteiger partial charge in [0.2, 0.25) is 5.91 Å². The molecule has 6 heteroatoms. The number of hydrogen-bond acceptors (Lipinski definition) is 3. The van der Waals surface area contributed by atoms with Crippen molar-refractivity contribution in [2.45, 2.75) is 12.5 Å². The van der Waals surface area contributed by atoms with Crippen molar-refractivity contribution in [1.82, 2.24) is 5.32 Å². The molecule has 0 aliphatic carbocycles. The number of benzene rings is 3. The Morgan fingerprint density at radius 2 is 1.56 bits per heavy atom. The Kier molecular flexibility index (Phi) is 7.00. The van der Waals surface area contributed by atoms with Crippen molar-refractivity contribution in [3.05, 3.63) is 113 Å². The van der Waals surface area contributed by atoms with Crippen LogP contribution in [0, 0.1) is 0 Å². The molecule has 2 N–H and O–H groups in total. The molecule has 0 aliphatic heterocycles. The quantitative estimate of drug-likeness (QED) is 0.327. The number of hydrogen-bond donors (Lipinski definition) is 2. The lowest BCUT2D eigenvalue weighted by molar-refractivity contribution is -0.116. The maximum absolute atomic E-state index is 13.0. The lowest BCUT2D eigenvalue weighted by atomic mass is 10.0. The Hall–Kier alpha value is -3.41. The summed E-state index contributed by atoms with van der Waals surface area (Å²) in [5.41, 5.74) is 2.92. The molecule has 0 fully saturated rings. The van der Waals surface area contributed by atoms with Crippen LogP contribution in [-0.2, 0) is 4.79 Å². The third kappa shape index (κ3) is 5.25. The second kappa shape index (κ2) is 10.3. The molecule has 4 nitrogen and oxygen atoms in total. The van der Waals surface area contributed by atoms with Crippen LogP contribution in [0.4, 0.5) is 5.69 Å². The van der Waals surface area contributed by atoms with Crippen LogP contribution in [-0.4, -0.2) is 11.8 Å². The standard InChI is InChI=1S/C26H21ClN2O2S/c27-21-13-6-4-11-19(21)26(31)29-23(18-9-2-1-3-10-18)17-25(30)28-22-14-7-5-12-20(22)24-15-8-16-32-24/h1-16,23H,17H2,(H,28,30)(H,29,31). The number of thiophene rings is 1. The van der Waals surface area contributed by atoms with Gasteiger partial charge in [-0.05, 0) is 35.2 Å². The van der Waals surface area contributed by atoms with Crippen LogP contribution in [0.1, 0.15) is 28.4 Å². The van der Waals surface area contributed by atoms with Gasteiger partial charge in [0.05, 0.1) is 23.0 Å². The smallest absolute Gasteiger partial charge is 0.253 e. The lowest BCUT2D eigenvalue weighted by Gasteiger charge is -2.20. The van der Waals surface area contributed by atoms with Gasteiger partial charge in [0.1, 0.15) is 0 Å². The van der Waals surface area contributed by atoms with E-state index >= 15 is 0 Å². The fourth-order valence-electron chi connectivity index (χ4n) is 3.44. The Morgan fingerprint density at radius 3 is 2.31 bits per heavy atom. The zero-order valence-electron chi connectivity index (χ0n) is 17.1. The minimum absolute atomic E-state index is 0.0823. The van der Waals surface area contributed by atoms with E-state index in [9.17, 15) is 9.59 Å². The summed E-state index contributed by atoms with van der Waals surface area (Å²) in [5, 5.41) is 8.35. The van der Waals surface area contributed by atoms with Gasteiger partial charge in [-0.25, -0.2) is 0 Å². The first-order chi connectivity index (χ1) is 15.6. The van der Waals surface area contributed by atoms with E-state index < -0.39 is 6.04 Å². The van der Waals surface area contributed by atoms with Gasteiger partial charge < -0.3 is 10.6 Å². The average Bonchev–Trinajstić information content (AvgIpc) is 3.34.